The second-order valence-electron chi connectivity index (χ2n) is 7.63. The molecule has 0 amide bonds. The van der Waals surface area contributed by atoms with Gasteiger partial charge < -0.3 is 14.7 Å². The number of anilines is 1. The van der Waals surface area contributed by atoms with Gasteiger partial charge in [-0.15, -0.1) is 0 Å². The van der Waals surface area contributed by atoms with E-state index in [2.05, 4.69) is 40.6 Å². The number of aromatic nitrogens is 2. The van der Waals surface area contributed by atoms with E-state index in [9.17, 15) is 4.79 Å². The van der Waals surface area contributed by atoms with Gasteiger partial charge in [-0.05, 0) is 32.4 Å². The van der Waals surface area contributed by atoms with Gasteiger partial charge in [0.1, 0.15) is 0 Å². The van der Waals surface area contributed by atoms with E-state index in [-0.39, 0.29) is 5.56 Å². The second kappa shape index (κ2) is 7.66. The monoisotopic (exact) mass is 333 g/mol. The van der Waals surface area contributed by atoms with E-state index in [1.807, 2.05) is 0 Å². The standard InChI is InChI=1S/C18H31N5O/c1-14(2)4-7-22-8-5-15-16(6-9-22)19-18(20-17(15)24)23-12-10-21(3)11-13-23/h14H,4-13H2,1-3H3,(H,19,20,24). The molecule has 0 bridgehead atoms. The predicted octanol–water partition coefficient (Wildman–Crippen LogP) is 0.968. The Kier molecular flexibility index (Phi) is 5.56. The zero-order chi connectivity index (χ0) is 17.1. The molecule has 134 valence electrons. The first kappa shape index (κ1) is 17.4. The highest BCUT2D eigenvalue weighted by Crippen LogP contribution is 2.16. The van der Waals surface area contributed by atoms with E-state index >= 15 is 0 Å². The van der Waals surface area contributed by atoms with Gasteiger partial charge >= 0.3 is 0 Å². The van der Waals surface area contributed by atoms with Crippen molar-refractivity contribution in [2.45, 2.75) is 33.1 Å². The fourth-order valence-electron chi connectivity index (χ4n) is 3.47. The summed E-state index contributed by atoms with van der Waals surface area (Å²) in [4.78, 5) is 27.4. The molecule has 3 rings (SSSR count). The van der Waals surface area contributed by atoms with E-state index < -0.39 is 0 Å². The molecule has 24 heavy (non-hydrogen) atoms. The number of rotatable bonds is 4. The molecule has 0 spiro atoms. The molecule has 1 fully saturated rings. The van der Waals surface area contributed by atoms with Crippen LogP contribution in [0.4, 0.5) is 5.95 Å². The number of piperazine rings is 1. The fraction of sp³-hybridized carbons (Fsp3) is 0.778. The van der Waals surface area contributed by atoms with Crippen molar-refractivity contribution in [3.63, 3.8) is 0 Å². The summed E-state index contributed by atoms with van der Waals surface area (Å²) >= 11 is 0. The minimum Gasteiger partial charge on any atom is -0.340 e. The van der Waals surface area contributed by atoms with E-state index in [1.165, 1.54) is 6.42 Å². The van der Waals surface area contributed by atoms with Crippen molar-refractivity contribution >= 4 is 5.95 Å². The van der Waals surface area contributed by atoms with Crippen LogP contribution in [0.3, 0.4) is 0 Å². The molecule has 6 heteroatoms. The topological polar surface area (TPSA) is 55.5 Å². The molecule has 1 saturated heterocycles. The molecular formula is C18H31N5O. The van der Waals surface area contributed by atoms with Crippen molar-refractivity contribution in [3.8, 4) is 0 Å². The van der Waals surface area contributed by atoms with Crippen LogP contribution in [-0.2, 0) is 12.8 Å². The van der Waals surface area contributed by atoms with Crippen molar-refractivity contribution < 1.29 is 0 Å². The Bertz CT molecular complexity index is 604. The molecule has 0 saturated carbocycles. The molecule has 6 nitrogen and oxygen atoms in total. The lowest BCUT2D eigenvalue weighted by Crippen LogP contribution is -2.45. The summed E-state index contributed by atoms with van der Waals surface area (Å²) < 4.78 is 0. The van der Waals surface area contributed by atoms with Crippen LogP contribution in [0.15, 0.2) is 4.79 Å². The molecular weight excluding hydrogens is 302 g/mol. The van der Waals surface area contributed by atoms with Gasteiger partial charge in [0, 0.05) is 51.3 Å². The first-order chi connectivity index (χ1) is 11.5. The number of likely N-dealkylation sites (N-methyl/N-ethyl adjacent to an activating group) is 1. The van der Waals surface area contributed by atoms with Crippen molar-refractivity contribution in [1.82, 2.24) is 19.8 Å². The van der Waals surface area contributed by atoms with Crippen molar-refractivity contribution in [1.29, 1.82) is 0 Å². The average Bonchev–Trinajstić information content (AvgIpc) is 2.76. The van der Waals surface area contributed by atoms with Gasteiger partial charge in [0.2, 0.25) is 5.95 Å². The molecule has 3 heterocycles. The molecule has 0 aliphatic carbocycles. The highest BCUT2D eigenvalue weighted by atomic mass is 16.1. The van der Waals surface area contributed by atoms with Crippen molar-refractivity contribution in [2.75, 3.05) is 57.8 Å². The smallest absolute Gasteiger partial charge is 0.255 e. The van der Waals surface area contributed by atoms with Crippen LogP contribution >= 0.6 is 0 Å². The summed E-state index contributed by atoms with van der Waals surface area (Å²) in [5, 5.41) is 0. The van der Waals surface area contributed by atoms with Crippen LogP contribution in [0.25, 0.3) is 0 Å². The minimum atomic E-state index is 0.0691. The first-order valence-electron chi connectivity index (χ1n) is 9.31. The van der Waals surface area contributed by atoms with Crippen molar-refractivity contribution in [2.24, 2.45) is 5.92 Å². The van der Waals surface area contributed by atoms with Crippen molar-refractivity contribution in [3.05, 3.63) is 21.6 Å². The zero-order valence-electron chi connectivity index (χ0n) is 15.3. The maximum absolute atomic E-state index is 12.6. The molecule has 0 atom stereocenters. The summed E-state index contributed by atoms with van der Waals surface area (Å²) in [7, 11) is 2.14. The van der Waals surface area contributed by atoms with Crippen LogP contribution < -0.4 is 10.5 Å². The number of fused-ring (bicyclic) bond motifs is 1. The summed E-state index contributed by atoms with van der Waals surface area (Å²) in [5.41, 5.74) is 1.99. The van der Waals surface area contributed by atoms with Crippen LogP contribution in [0.5, 0.6) is 0 Å². The summed E-state index contributed by atoms with van der Waals surface area (Å²) in [6.07, 6.45) is 2.92. The van der Waals surface area contributed by atoms with Crippen LogP contribution in [0.2, 0.25) is 0 Å². The highest BCUT2D eigenvalue weighted by molar-refractivity contribution is 5.34. The fourth-order valence-corrected chi connectivity index (χ4v) is 3.47. The average molecular weight is 333 g/mol. The van der Waals surface area contributed by atoms with Gasteiger partial charge in [0.05, 0.1) is 5.69 Å². The lowest BCUT2D eigenvalue weighted by Gasteiger charge is -2.32. The minimum absolute atomic E-state index is 0.0691. The van der Waals surface area contributed by atoms with Gasteiger partial charge in [-0.2, -0.15) is 0 Å². The van der Waals surface area contributed by atoms with Crippen LogP contribution in [-0.4, -0.2) is 72.6 Å². The molecule has 1 aromatic heterocycles. The maximum Gasteiger partial charge on any atom is 0.255 e. The van der Waals surface area contributed by atoms with Gasteiger partial charge in [0.25, 0.3) is 5.56 Å². The third-order valence-corrected chi connectivity index (χ3v) is 5.26. The normalized spacial score (nSPS) is 20.2. The van der Waals surface area contributed by atoms with Gasteiger partial charge in [-0.1, -0.05) is 13.8 Å². The molecule has 0 aromatic carbocycles. The lowest BCUT2D eigenvalue weighted by molar-refractivity contribution is 0.269. The Hall–Kier alpha value is -1.40. The molecule has 2 aliphatic heterocycles. The van der Waals surface area contributed by atoms with Crippen LogP contribution in [0, 0.1) is 5.92 Å². The van der Waals surface area contributed by atoms with E-state index in [1.54, 1.807) is 0 Å². The summed E-state index contributed by atoms with van der Waals surface area (Å²) in [6, 6.07) is 0. The van der Waals surface area contributed by atoms with E-state index in [0.717, 1.165) is 81.8 Å². The summed E-state index contributed by atoms with van der Waals surface area (Å²) in [6.45, 7) is 11.5. The van der Waals surface area contributed by atoms with E-state index in [4.69, 9.17) is 4.98 Å². The quantitative estimate of drug-likeness (QED) is 0.890. The Morgan fingerprint density at radius 3 is 2.50 bits per heavy atom. The SMILES string of the molecule is CC(C)CCN1CCc2nc(N3CCN(C)CC3)[nH]c(=O)c2CC1. The molecule has 1 aromatic rings. The lowest BCUT2D eigenvalue weighted by atomic mass is 10.1. The first-order valence-corrected chi connectivity index (χ1v) is 9.31. The highest BCUT2D eigenvalue weighted by Gasteiger charge is 2.22. The van der Waals surface area contributed by atoms with Gasteiger partial charge in [-0.25, -0.2) is 4.98 Å². The Morgan fingerprint density at radius 2 is 1.79 bits per heavy atom. The number of hydrogen-bond donors (Lipinski definition) is 1. The third-order valence-electron chi connectivity index (χ3n) is 5.26. The number of aromatic amines is 1. The van der Waals surface area contributed by atoms with E-state index in [0.29, 0.717) is 0 Å². The second-order valence-corrected chi connectivity index (χ2v) is 7.63. The Labute approximate surface area is 144 Å². The summed E-state index contributed by atoms with van der Waals surface area (Å²) in [5.74, 6) is 1.49. The maximum atomic E-state index is 12.6. The van der Waals surface area contributed by atoms with Gasteiger partial charge in [-0.3, -0.25) is 9.78 Å². The largest absolute Gasteiger partial charge is 0.340 e. The number of nitrogens with zero attached hydrogens (tertiary/aromatic N) is 4. The number of H-pyrrole nitrogens is 1. The molecule has 1 N–H and O–H groups in total. The zero-order valence-corrected chi connectivity index (χ0v) is 15.3. The molecule has 0 unspecified atom stereocenters. The number of nitrogens with one attached hydrogen (secondary N) is 1. The third kappa shape index (κ3) is 4.16. The van der Waals surface area contributed by atoms with Crippen LogP contribution in [0.1, 0.15) is 31.5 Å². The molecule has 0 radical (unpaired) electrons. The predicted molar refractivity (Wildman–Crippen MR) is 97.9 cm³/mol. The molecule has 2 aliphatic rings. The Balaban J connectivity index is 1.72. The number of hydrogen-bond acceptors (Lipinski definition) is 5. The Morgan fingerprint density at radius 1 is 1.08 bits per heavy atom. The van der Waals surface area contributed by atoms with Gasteiger partial charge in [0.15, 0.2) is 0 Å².